The van der Waals surface area contributed by atoms with Gasteiger partial charge in [-0.15, -0.1) is 0 Å². The van der Waals surface area contributed by atoms with Gasteiger partial charge in [0.1, 0.15) is 6.04 Å². The standard InChI is InChI=1S/C17H23NO3/c1-11(2)13-6-3-12(4-7-13)5-10-15(19)18-16(17(20)21)14-8-9-14/h3-4,6-7,11,14,16H,5,8-10H2,1-2H3,(H,18,19)(H,20,21). The number of benzene rings is 1. The minimum absolute atomic E-state index is 0.122. The summed E-state index contributed by atoms with van der Waals surface area (Å²) in [7, 11) is 0. The van der Waals surface area contributed by atoms with Crippen LogP contribution in [0.25, 0.3) is 0 Å². The smallest absolute Gasteiger partial charge is 0.326 e. The first-order valence-corrected chi connectivity index (χ1v) is 7.58. The van der Waals surface area contributed by atoms with Gasteiger partial charge in [-0.1, -0.05) is 38.1 Å². The van der Waals surface area contributed by atoms with Crippen LogP contribution in [0.4, 0.5) is 0 Å². The molecule has 1 amide bonds. The van der Waals surface area contributed by atoms with Crippen LogP contribution in [0.2, 0.25) is 0 Å². The third-order valence-corrected chi connectivity index (χ3v) is 3.96. The summed E-state index contributed by atoms with van der Waals surface area (Å²) < 4.78 is 0. The molecular weight excluding hydrogens is 266 g/mol. The van der Waals surface area contributed by atoms with Gasteiger partial charge in [0.2, 0.25) is 5.91 Å². The average Bonchev–Trinajstić information content (AvgIpc) is 3.27. The SMILES string of the molecule is CC(C)c1ccc(CCC(=O)NC(C(=O)O)C2CC2)cc1. The molecule has 4 nitrogen and oxygen atoms in total. The number of carbonyl (C=O) groups is 2. The molecular formula is C17H23NO3. The summed E-state index contributed by atoms with van der Waals surface area (Å²) in [4.78, 5) is 22.9. The molecule has 0 bridgehead atoms. The average molecular weight is 289 g/mol. The fourth-order valence-electron chi connectivity index (χ4n) is 2.38. The third kappa shape index (κ3) is 4.59. The molecule has 4 heteroatoms. The molecule has 0 aliphatic heterocycles. The van der Waals surface area contributed by atoms with Gasteiger partial charge >= 0.3 is 5.97 Å². The van der Waals surface area contributed by atoms with Gasteiger partial charge in [0.25, 0.3) is 0 Å². The number of hydrogen-bond acceptors (Lipinski definition) is 2. The minimum atomic E-state index is -0.924. The first-order chi connectivity index (χ1) is 9.97. The Morgan fingerprint density at radius 3 is 2.33 bits per heavy atom. The van der Waals surface area contributed by atoms with Crippen LogP contribution in [0.1, 0.15) is 50.2 Å². The summed E-state index contributed by atoms with van der Waals surface area (Å²) in [5.74, 6) is -0.483. The molecule has 1 aliphatic carbocycles. The van der Waals surface area contributed by atoms with Crippen LogP contribution in [-0.2, 0) is 16.0 Å². The summed E-state index contributed by atoms with van der Waals surface area (Å²) in [5.41, 5.74) is 2.38. The number of hydrogen-bond donors (Lipinski definition) is 2. The highest BCUT2D eigenvalue weighted by atomic mass is 16.4. The molecule has 1 atom stereocenters. The fraction of sp³-hybridized carbons (Fsp3) is 0.529. The number of rotatable bonds is 7. The summed E-state index contributed by atoms with van der Waals surface area (Å²) >= 11 is 0. The summed E-state index contributed by atoms with van der Waals surface area (Å²) in [6, 6.07) is 7.54. The number of aryl methyl sites for hydroxylation is 1. The predicted molar refractivity (Wildman–Crippen MR) is 81.1 cm³/mol. The minimum Gasteiger partial charge on any atom is -0.480 e. The Labute approximate surface area is 125 Å². The van der Waals surface area contributed by atoms with Crippen molar-refractivity contribution in [3.8, 4) is 0 Å². The van der Waals surface area contributed by atoms with Crippen LogP contribution in [0.15, 0.2) is 24.3 Å². The molecule has 2 rings (SSSR count). The number of carbonyl (C=O) groups excluding carboxylic acids is 1. The summed E-state index contributed by atoms with van der Waals surface area (Å²) in [6.45, 7) is 4.29. The van der Waals surface area contributed by atoms with Gasteiger partial charge in [-0.25, -0.2) is 4.79 Å². The lowest BCUT2D eigenvalue weighted by molar-refractivity contribution is -0.142. The zero-order valence-electron chi connectivity index (χ0n) is 12.6. The molecule has 1 aromatic rings. The normalized spacial score (nSPS) is 15.8. The van der Waals surface area contributed by atoms with Crippen molar-refractivity contribution in [1.82, 2.24) is 5.32 Å². The van der Waals surface area contributed by atoms with Gasteiger partial charge < -0.3 is 10.4 Å². The third-order valence-electron chi connectivity index (χ3n) is 3.96. The second-order valence-electron chi connectivity index (χ2n) is 6.12. The molecule has 21 heavy (non-hydrogen) atoms. The molecule has 0 radical (unpaired) electrons. The summed E-state index contributed by atoms with van der Waals surface area (Å²) in [5, 5.41) is 11.7. The second-order valence-corrected chi connectivity index (χ2v) is 6.12. The Bertz CT molecular complexity index is 503. The molecule has 1 aromatic carbocycles. The quantitative estimate of drug-likeness (QED) is 0.811. The Morgan fingerprint density at radius 1 is 1.24 bits per heavy atom. The maximum absolute atomic E-state index is 11.9. The molecule has 0 heterocycles. The number of carboxylic acid groups (broad SMARTS) is 1. The van der Waals surface area contributed by atoms with Crippen LogP contribution in [0.3, 0.4) is 0 Å². The van der Waals surface area contributed by atoms with E-state index in [2.05, 4.69) is 31.3 Å². The van der Waals surface area contributed by atoms with E-state index >= 15 is 0 Å². The monoisotopic (exact) mass is 289 g/mol. The Balaban J connectivity index is 1.81. The van der Waals surface area contributed by atoms with Gasteiger partial charge in [0, 0.05) is 6.42 Å². The second kappa shape index (κ2) is 6.74. The molecule has 1 saturated carbocycles. The van der Waals surface area contributed by atoms with Gasteiger partial charge in [-0.3, -0.25) is 4.79 Å². The fourth-order valence-corrected chi connectivity index (χ4v) is 2.38. The molecule has 2 N–H and O–H groups in total. The van der Waals surface area contributed by atoms with Gasteiger partial charge in [-0.2, -0.15) is 0 Å². The Kier molecular flexibility index (Phi) is 4.99. The van der Waals surface area contributed by atoms with Gasteiger partial charge in [0.05, 0.1) is 0 Å². The molecule has 114 valence electrons. The zero-order valence-corrected chi connectivity index (χ0v) is 12.6. The molecule has 0 aromatic heterocycles. The van der Waals surface area contributed by atoms with Crippen molar-refractivity contribution >= 4 is 11.9 Å². The summed E-state index contributed by atoms with van der Waals surface area (Å²) in [6.07, 6.45) is 2.76. The van der Waals surface area contributed by atoms with Crippen LogP contribution in [0, 0.1) is 5.92 Å². The number of aliphatic carboxylic acids is 1. The van der Waals surface area contributed by atoms with Crippen molar-refractivity contribution < 1.29 is 14.7 Å². The molecule has 0 saturated heterocycles. The maximum Gasteiger partial charge on any atom is 0.326 e. The molecule has 0 spiro atoms. The number of carboxylic acids is 1. The van der Waals surface area contributed by atoms with Crippen molar-refractivity contribution in [2.45, 2.75) is 51.5 Å². The predicted octanol–water partition coefficient (Wildman–Crippen LogP) is 2.72. The van der Waals surface area contributed by atoms with Gasteiger partial charge in [0.15, 0.2) is 0 Å². The van der Waals surface area contributed by atoms with Crippen molar-refractivity contribution in [3.05, 3.63) is 35.4 Å². The van der Waals surface area contributed by atoms with E-state index in [1.165, 1.54) is 5.56 Å². The highest BCUT2D eigenvalue weighted by Crippen LogP contribution is 2.32. The van der Waals surface area contributed by atoms with Crippen molar-refractivity contribution in [2.75, 3.05) is 0 Å². The van der Waals surface area contributed by atoms with Crippen molar-refractivity contribution in [3.63, 3.8) is 0 Å². The van der Waals surface area contributed by atoms with Crippen LogP contribution < -0.4 is 5.32 Å². The van der Waals surface area contributed by atoms with Crippen LogP contribution in [0.5, 0.6) is 0 Å². The highest BCUT2D eigenvalue weighted by molar-refractivity contribution is 5.84. The highest BCUT2D eigenvalue weighted by Gasteiger charge is 2.37. The first kappa shape index (κ1) is 15.5. The lowest BCUT2D eigenvalue weighted by atomic mass is 10.0. The maximum atomic E-state index is 11.9. The van der Waals surface area contributed by atoms with E-state index in [0.717, 1.165) is 18.4 Å². The zero-order chi connectivity index (χ0) is 15.4. The van der Waals surface area contributed by atoms with Crippen molar-refractivity contribution in [1.29, 1.82) is 0 Å². The Morgan fingerprint density at radius 2 is 1.86 bits per heavy atom. The van der Waals surface area contributed by atoms with E-state index in [-0.39, 0.29) is 11.8 Å². The topological polar surface area (TPSA) is 66.4 Å². The van der Waals surface area contributed by atoms with E-state index in [1.54, 1.807) is 0 Å². The van der Waals surface area contributed by atoms with E-state index in [9.17, 15) is 9.59 Å². The molecule has 1 aliphatic rings. The van der Waals surface area contributed by atoms with E-state index in [0.29, 0.717) is 18.8 Å². The number of nitrogens with one attached hydrogen (secondary N) is 1. The van der Waals surface area contributed by atoms with Crippen LogP contribution in [-0.4, -0.2) is 23.0 Å². The molecule has 1 fully saturated rings. The van der Waals surface area contributed by atoms with Crippen molar-refractivity contribution in [2.24, 2.45) is 5.92 Å². The van der Waals surface area contributed by atoms with E-state index in [4.69, 9.17) is 5.11 Å². The number of amides is 1. The molecule has 1 unspecified atom stereocenters. The van der Waals surface area contributed by atoms with E-state index in [1.807, 2.05) is 12.1 Å². The first-order valence-electron chi connectivity index (χ1n) is 7.58. The lowest BCUT2D eigenvalue weighted by Crippen LogP contribution is -2.42. The lowest BCUT2D eigenvalue weighted by Gasteiger charge is -2.13. The largest absolute Gasteiger partial charge is 0.480 e. The van der Waals surface area contributed by atoms with Gasteiger partial charge in [-0.05, 0) is 42.2 Å². The Hall–Kier alpha value is -1.84. The van der Waals surface area contributed by atoms with Crippen LogP contribution >= 0.6 is 0 Å². The van der Waals surface area contributed by atoms with E-state index < -0.39 is 12.0 Å².